The normalized spacial score (nSPS) is 18.2. The van der Waals surface area contributed by atoms with Crippen molar-refractivity contribution in [2.45, 2.75) is 12.5 Å². The van der Waals surface area contributed by atoms with Gasteiger partial charge in [-0.2, -0.15) is 5.10 Å². The molecule has 1 aromatic carbocycles. The molecular weight excluding hydrogens is 276 g/mol. The summed E-state index contributed by atoms with van der Waals surface area (Å²) in [5.74, 6) is 0. The van der Waals surface area contributed by atoms with Crippen LogP contribution in [-0.2, 0) is 0 Å². The smallest absolute Gasteiger partial charge is 0.285 e. The summed E-state index contributed by atoms with van der Waals surface area (Å²) in [6, 6.07) is 10.5. The van der Waals surface area contributed by atoms with E-state index < -0.39 is 0 Å². The summed E-state index contributed by atoms with van der Waals surface area (Å²) in [5.41, 5.74) is 1.44. The van der Waals surface area contributed by atoms with Gasteiger partial charge in [-0.25, -0.2) is 5.10 Å². The summed E-state index contributed by atoms with van der Waals surface area (Å²) >= 11 is 5.97. The number of H-pyrrole nitrogens is 1. The number of aromatic nitrogens is 2. The predicted molar refractivity (Wildman–Crippen MR) is 80.6 cm³/mol. The van der Waals surface area contributed by atoms with Gasteiger partial charge in [-0.3, -0.25) is 4.79 Å². The number of rotatable bonds is 3. The summed E-state index contributed by atoms with van der Waals surface area (Å²) in [6.45, 7) is 1.86. The van der Waals surface area contributed by atoms with Crippen molar-refractivity contribution in [2.75, 3.05) is 23.3 Å². The fourth-order valence-electron chi connectivity index (χ4n) is 2.46. The monoisotopic (exact) mass is 290 g/mol. The summed E-state index contributed by atoms with van der Waals surface area (Å²) in [4.78, 5) is 13.7. The number of anilines is 2. The maximum atomic E-state index is 11.4. The Hall–Kier alpha value is -2.01. The second-order valence-electron chi connectivity index (χ2n) is 4.84. The highest BCUT2D eigenvalue weighted by Crippen LogP contribution is 2.23. The van der Waals surface area contributed by atoms with Crippen molar-refractivity contribution in [1.29, 1.82) is 0 Å². The first-order chi connectivity index (χ1) is 9.74. The average Bonchev–Trinajstić information content (AvgIpc) is 2.93. The van der Waals surface area contributed by atoms with Crippen LogP contribution in [0.4, 0.5) is 11.4 Å². The molecule has 0 amide bonds. The van der Waals surface area contributed by atoms with Crippen molar-refractivity contribution >= 4 is 23.0 Å². The van der Waals surface area contributed by atoms with Crippen molar-refractivity contribution in [3.63, 3.8) is 0 Å². The molecule has 0 spiro atoms. The van der Waals surface area contributed by atoms with Gasteiger partial charge in [-0.15, -0.1) is 0 Å². The zero-order chi connectivity index (χ0) is 13.9. The topological polar surface area (TPSA) is 61.0 Å². The quantitative estimate of drug-likeness (QED) is 0.909. The molecule has 1 atom stereocenters. The van der Waals surface area contributed by atoms with E-state index >= 15 is 0 Å². The molecular formula is C14H15ClN4O. The first-order valence-electron chi connectivity index (χ1n) is 6.54. The minimum Gasteiger partial charge on any atom is -0.378 e. The summed E-state index contributed by atoms with van der Waals surface area (Å²) in [7, 11) is 0. The molecule has 1 aliphatic rings. The molecule has 1 aromatic heterocycles. The Morgan fingerprint density at radius 1 is 1.35 bits per heavy atom. The Kier molecular flexibility index (Phi) is 3.60. The zero-order valence-electron chi connectivity index (χ0n) is 10.8. The highest BCUT2D eigenvalue weighted by molar-refractivity contribution is 6.32. The summed E-state index contributed by atoms with van der Waals surface area (Å²) in [6.07, 6.45) is 2.55. The molecule has 1 aliphatic heterocycles. The van der Waals surface area contributed by atoms with Crippen LogP contribution >= 0.6 is 11.6 Å². The van der Waals surface area contributed by atoms with E-state index in [2.05, 4.69) is 32.5 Å². The minimum absolute atomic E-state index is 0.165. The predicted octanol–water partition coefficient (Wildman–Crippen LogP) is 2.11. The Labute approximate surface area is 121 Å². The number of halogens is 1. The van der Waals surface area contributed by atoms with Crippen LogP contribution in [0, 0.1) is 0 Å². The van der Waals surface area contributed by atoms with Gasteiger partial charge in [0.15, 0.2) is 0 Å². The third-order valence-electron chi connectivity index (χ3n) is 3.46. The van der Waals surface area contributed by atoms with Gasteiger partial charge in [0, 0.05) is 24.8 Å². The second-order valence-corrected chi connectivity index (χ2v) is 5.22. The number of hydrogen-bond acceptors (Lipinski definition) is 4. The van der Waals surface area contributed by atoms with Crippen molar-refractivity contribution in [3.05, 3.63) is 51.9 Å². The molecule has 5 nitrogen and oxygen atoms in total. The standard InChI is InChI=1S/C14H15ClN4O/c15-13-12(8-16-18-14(13)20)17-10-6-7-19(9-10)11-4-2-1-3-5-11/h1-5,8,10H,6-7,9H2,(H2,17,18,20)/t10-/m1/s1. The van der Waals surface area contributed by atoms with Crippen LogP contribution in [0.25, 0.3) is 0 Å². The van der Waals surface area contributed by atoms with Gasteiger partial charge in [-0.05, 0) is 18.6 Å². The third kappa shape index (κ3) is 2.63. The Bertz CT molecular complexity index is 643. The molecule has 104 valence electrons. The molecule has 0 radical (unpaired) electrons. The molecule has 0 aliphatic carbocycles. The number of nitrogens with zero attached hydrogens (tertiary/aromatic N) is 2. The summed E-state index contributed by atoms with van der Waals surface area (Å²) < 4.78 is 0. The summed E-state index contributed by atoms with van der Waals surface area (Å²) in [5, 5.41) is 9.54. The number of nitrogens with one attached hydrogen (secondary N) is 2. The molecule has 2 aromatic rings. The molecule has 1 fully saturated rings. The first-order valence-corrected chi connectivity index (χ1v) is 6.91. The van der Waals surface area contributed by atoms with Crippen molar-refractivity contribution in [1.82, 2.24) is 10.2 Å². The lowest BCUT2D eigenvalue weighted by molar-refractivity contribution is 0.803. The Morgan fingerprint density at radius 2 is 2.15 bits per heavy atom. The Balaban J connectivity index is 1.69. The van der Waals surface area contributed by atoms with E-state index in [0.29, 0.717) is 5.69 Å². The van der Waals surface area contributed by atoms with Crippen LogP contribution in [0.5, 0.6) is 0 Å². The first kappa shape index (κ1) is 13.0. The van der Waals surface area contributed by atoms with Gasteiger partial charge >= 0.3 is 0 Å². The lowest BCUT2D eigenvalue weighted by Gasteiger charge is -2.19. The lowest BCUT2D eigenvalue weighted by Crippen LogP contribution is -2.26. The van der Waals surface area contributed by atoms with E-state index in [0.717, 1.165) is 19.5 Å². The Morgan fingerprint density at radius 3 is 2.95 bits per heavy atom. The molecule has 0 saturated carbocycles. The molecule has 6 heteroatoms. The van der Waals surface area contributed by atoms with E-state index in [1.807, 2.05) is 18.2 Å². The van der Waals surface area contributed by atoms with E-state index in [-0.39, 0.29) is 16.6 Å². The molecule has 2 N–H and O–H groups in total. The van der Waals surface area contributed by atoms with Crippen LogP contribution < -0.4 is 15.8 Å². The van der Waals surface area contributed by atoms with Gasteiger partial charge in [0.1, 0.15) is 5.02 Å². The third-order valence-corrected chi connectivity index (χ3v) is 3.84. The van der Waals surface area contributed by atoms with Crippen LogP contribution in [0.2, 0.25) is 5.02 Å². The van der Waals surface area contributed by atoms with Gasteiger partial charge in [0.25, 0.3) is 5.56 Å². The molecule has 2 heterocycles. The van der Waals surface area contributed by atoms with Crippen molar-refractivity contribution < 1.29 is 0 Å². The maximum absolute atomic E-state index is 11.4. The molecule has 3 rings (SSSR count). The largest absolute Gasteiger partial charge is 0.378 e. The van der Waals surface area contributed by atoms with Gasteiger partial charge in [-0.1, -0.05) is 29.8 Å². The van der Waals surface area contributed by atoms with Gasteiger partial charge in [0.2, 0.25) is 0 Å². The van der Waals surface area contributed by atoms with Crippen LogP contribution in [0.3, 0.4) is 0 Å². The van der Waals surface area contributed by atoms with E-state index in [9.17, 15) is 4.79 Å². The fraction of sp³-hybridized carbons (Fsp3) is 0.286. The molecule has 0 unspecified atom stereocenters. The number of benzene rings is 1. The van der Waals surface area contributed by atoms with E-state index in [1.165, 1.54) is 5.69 Å². The highest BCUT2D eigenvalue weighted by atomic mass is 35.5. The molecule has 1 saturated heterocycles. The van der Waals surface area contributed by atoms with Gasteiger partial charge in [0.05, 0.1) is 11.9 Å². The van der Waals surface area contributed by atoms with Gasteiger partial charge < -0.3 is 10.2 Å². The van der Waals surface area contributed by atoms with Crippen molar-refractivity contribution in [3.8, 4) is 0 Å². The van der Waals surface area contributed by atoms with Crippen LogP contribution in [0.1, 0.15) is 6.42 Å². The maximum Gasteiger partial charge on any atom is 0.285 e. The zero-order valence-corrected chi connectivity index (χ0v) is 11.6. The van der Waals surface area contributed by atoms with Crippen LogP contribution in [-0.4, -0.2) is 29.3 Å². The van der Waals surface area contributed by atoms with Crippen LogP contribution in [0.15, 0.2) is 41.3 Å². The SMILES string of the molecule is O=c1[nH]ncc(N[C@@H]2CCN(c3ccccc3)C2)c1Cl. The highest BCUT2D eigenvalue weighted by Gasteiger charge is 2.23. The lowest BCUT2D eigenvalue weighted by atomic mass is 10.2. The molecule has 20 heavy (non-hydrogen) atoms. The van der Waals surface area contributed by atoms with E-state index in [4.69, 9.17) is 11.6 Å². The van der Waals surface area contributed by atoms with E-state index in [1.54, 1.807) is 6.20 Å². The second kappa shape index (κ2) is 5.54. The average molecular weight is 291 g/mol. The molecule has 0 bridgehead atoms. The fourth-order valence-corrected chi connectivity index (χ4v) is 2.60. The van der Waals surface area contributed by atoms with Crippen molar-refractivity contribution in [2.24, 2.45) is 0 Å². The minimum atomic E-state index is -0.366. The number of para-hydroxylation sites is 1. The number of hydrogen-bond donors (Lipinski definition) is 2. The number of aromatic amines is 1.